The Hall–Kier alpha value is -1.81. The summed E-state index contributed by atoms with van der Waals surface area (Å²) in [5.41, 5.74) is -2.09. The van der Waals surface area contributed by atoms with Gasteiger partial charge in [-0.25, -0.2) is 4.79 Å². The van der Waals surface area contributed by atoms with Crippen molar-refractivity contribution in [2.75, 3.05) is 0 Å². The van der Waals surface area contributed by atoms with Crippen LogP contribution < -0.4 is 0 Å². The second-order valence-corrected chi connectivity index (χ2v) is 4.29. The monoisotopic (exact) mass is 257 g/mol. The van der Waals surface area contributed by atoms with Gasteiger partial charge in [0, 0.05) is 5.56 Å². The maximum Gasteiger partial charge on any atom is 0.419 e. The van der Waals surface area contributed by atoms with E-state index in [1.54, 1.807) is 0 Å². The van der Waals surface area contributed by atoms with E-state index in [1.165, 1.54) is 18.2 Å². The van der Waals surface area contributed by atoms with Crippen LogP contribution in [0, 0.1) is 0 Å². The van der Waals surface area contributed by atoms with Crippen LogP contribution >= 0.6 is 0 Å². The summed E-state index contributed by atoms with van der Waals surface area (Å²) in [5, 5.41) is 9.74. The quantitative estimate of drug-likeness (QED) is 0.653. The van der Waals surface area contributed by atoms with Crippen LogP contribution in [0.1, 0.15) is 30.4 Å². The molecule has 0 bridgehead atoms. The number of aromatic hydroxyl groups is 1. The Morgan fingerprint density at radius 1 is 1.33 bits per heavy atom. The number of phenols is 1. The van der Waals surface area contributed by atoms with Crippen molar-refractivity contribution in [3.05, 3.63) is 29.3 Å². The van der Waals surface area contributed by atoms with Gasteiger partial charge in [-0.05, 0) is 25.3 Å². The zero-order valence-electron chi connectivity index (χ0n) is 9.29. The molecule has 0 unspecified atom stereocenters. The average molecular weight is 257 g/mol. The molecule has 0 aliphatic heterocycles. The molecule has 0 heterocycles. The molecule has 0 saturated heterocycles. The van der Waals surface area contributed by atoms with Gasteiger partial charge >= 0.3 is 6.18 Å². The van der Waals surface area contributed by atoms with Gasteiger partial charge in [0.2, 0.25) is 6.08 Å². The fourth-order valence-corrected chi connectivity index (χ4v) is 2.19. The number of phenolic OH excluding ortho intramolecular Hbond substituents is 1. The second kappa shape index (κ2) is 4.14. The highest BCUT2D eigenvalue weighted by Crippen LogP contribution is 2.50. The van der Waals surface area contributed by atoms with Crippen LogP contribution in [-0.4, -0.2) is 11.2 Å². The summed E-state index contributed by atoms with van der Waals surface area (Å²) in [6, 6.07) is 3.37. The highest BCUT2D eigenvalue weighted by atomic mass is 19.4. The van der Waals surface area contributed by atoms with Gasteiger partial charge in [-0.2, -0.15) is 18.2 Å². The van der Waals surface area contributed by atoms with Gasteiger partial charge in [0.15, 0.2) is 0 Å². The molecule has 0 amide bonds. The summed E-state index contributed by atoms with van der Waals surface area (Å²) in [6.45, 7) is 0. The Morgan fingerprint density at radius 3 is 2.44 bits per heavy atom. The third-order valence-corrected chi connectivity index (χ3v) is 3.28. The average Bonchev–Trinajstić information content (AvgIpc) is 2.22. The molecule has 96 valence electrons. The standard InChI is InChI=1S/C12H10F3NO2/c13-12(14,15)9-4-1-3-8(10(9)18)11(16-7-17)5-2-6-11/h1,3-4,18H,2,5-6H2. The first-order chi connectivity index (χ1) is 8.41. The van der Waals surface area contributed by atoms with Crippen molar-refractivity contribution in [2.24, 2.45) is 4.99 Å². The first-order valence-corrected chi connectivity index (χ1v) is 5.39. The largest absolute Gasteiger partial charge is 0.507 e. The Bertz CT molecular complexity index is 515. The van der Waals surface area contributed by atoms with E-state index in [9.17, 15) is 23.1 Å². The summed E-state index contributed by atoms with van der Waals surface area (Å²) < 4.78 is 38.0. The van der Waals surface area contributed by atoms with Crippen molar-refractivity contribution < 1.29 is 23.1 Å². The number of hydrogen-bond donors (Lipinski definition) is 1. The molecule has 1 N–H and O–H groups in total. The Labute approximate surface area is 101 Å². The van der Waals surface area contributed by atoms with Crippen molar-refractivity contribution >= 4 is 6.08 Å². The predicted molar refractivity (Wildman–Crippen MR) is 56.8 cm³/mol. The zero-order valence-corrected chi connectivity index (χ0v) is 9.29. The number of hydrogen-bond acceptors (Lipinski definition) is 3. The summed E-state index contributed by atoms with van der Waals surface area (Å²) in [7, 11) is 0. The Morgan fingerprint density at radius 2 is 2.00 bits per heavy atom. The van der Waals surface area contributed by atoms with Gasteiger partial charge < -0.3 is 5.11 Å². The smallest absolute Gasteiger partial charge is 0.419 e. The fraction of sp³-hybridized carbons (Fsp3) is 0.417. The molecule has 0 spiro atoms. The lowest BCUT2D eigenvalue weighted by molar-refractivity contribution is -0.138. The highest BCUT2D eigenvalue weighted by Gasteiger charge is 2.44. The Balaban J connectivity index is 2.56. The van der Waals surface area contributed by atoms with Crippen molar-refractivity contribution in [3.63, 3.8) is 0 Å². The van der Waals surface area contributed by atoms with Gasteiger partial charge in [0.1, 0.15) is 11.3 Å². The van der Waals surface area contributed by atoms with E-state index in [1.807, 2.05) is 0 Å². The number of isocyanates is 1. The zero-order chi connectivity index (χ0) is 13.4. The van der Waals surface area contributed by atoms with Gasteiger partial charge in [-0.3, -0.25) is 0 Å². The first-order valence-electron chi connectivity index (χ1n) is 5.39. The van der Waals surface area contributed by atoms with E-state index < -0.39 is 23.0 Å². The number of halogens is 3. The van der Waals surface area contributed by atoms with Crippen LogP contribution in [0.4, 0.5) is 13.2 Å². The molecule has 3 nitrogen and oxygen atoms in total. The van der Waals surface area contributed by atoms with Crippen LogP contribution in [0.25, 0.3) is 0 Å². The molecule has 1 fully saturated rings. The molecule has 1 aliphatic carbocycles. The van der Waals surface area contributed by atoms with Crippen LogP contribution in [0.5, 0.6) is 5.75 Å². The minimum Gasteiger partial charge on any atom is -0.507 e. The minimum atomic E-state index is -4.63. The molecule has 6 heteroatoms. The molecule has 18 heavy (non-hydrogen) atoms. The van der Waals surface area contributed by atoms with Gasteiger partial charge in [0.25, 0.3) is 0 Å². The van der Waals surface area contributed by atoms with Crippen molar-refractivity contribution in [1.82, 2.24) is 0 Å². The molecule has 0 aromatic heterocycles. The molecular weight excluding hydrogens is 247 g/mol. The predicted octanol–water partition coefficient (Wildman–Crippen LogP) is 3.13. The molecule has 1 aliphatic rings. The van der Waals surface area contributed by atoms with Crippen molar-refractivity contribution in [1.29, 1.82) is 0 Å². The van der Waals surface area contributed by atoms with E-state index in [2.05, 4.69) is 4.99 Å². The topological polar surface area (TPSA) is 49.7 Å². The van der Waals surface area contributed by atoms with Crippen LogP contribution in [-0.2, 0) is 16.5 Å². The van der Waals surface area contributed by atoms with E-state index in [0.717, 1.165) is 12.5 Å². The van der Waals surface area contributed by atoms with Crippen LogP contribution in [0.15, 0.2) is 23.2 Å². The lowest BCUT2D eigenvalue weighted by Gasteiger charge is -2.37. The molecule has 1 aromatic rings. The first kappa shape index (κ1) is 12.6. The third kappa shape index (κ3) is 1.88. The van der Waals surface area contributed by atoms with E-state index in [0.29, 0.717) is 12.8 Å². The number of benzene rings is 1. The maximum atomic E-state index is 12.7. The second-order valence-electron chi connectivity index (χ2n) is 4.29. The molecule has 2 rings (SSSR count). The lowest BCUT2D eigenvalue weighted by Crippen LogP contribution is -2.32. The van der Waals surface area contributed by atoms with Gasteiger partial charge in [-0.15, -0.1) is 0 Å². The van der Waals surface area contributed by atoms with Crippen molar-refractivity contribution in [2.45, 2.75) is 31.0 Å². The number of rotatable bonds is 2. The Kier molecular flexibility index (Phi) is 2.91. The number of alkyl halides is 3. The van der Waals surface area contributed by atoms with Crippen molar-refractivity contribution in [3.8, 4) is 5.75 Å². The number of aliphatic imine (C=N–C) groups is 1. The fourth-order valence-electron chi connectivity index (χ4n) is 2.19. The summed E-state index contributed by atoms with van der Waals surface area (Å²) in [6.07, 6.45) is -1.62. The van der Waals surface area contributed by atoms with Crippen LogP contribution in [0.3, 0.4) is 0 Å². The summed E-state index contributed by atoms with van der Waals surface area (Å²) in [5.74, 6) is -0.844. The molecule has 1 saturated carbocycles. The normalized spacial score (nSPS) is 17.7. The van der Waals surface area contributed by atoms with E-state index in [4.69, 9.17) is 0 Å². The van der Waals surface area contributed by atoms with E-state index >= 15 is 0 Å². The molecule has 0 radical (unpaired) electrons. The van der Waals surface area contributed by atoms with Gasteiger partial charge in [0.05, 0.1) is 5.56 Å². The lowest BCUT2D eigenvalue weighted by atomic mass is 9.71. The molecule has 0 atom stereocenters. The third-order valence-electron chi connectivity index (χ3n) is 3.28. The number of nitrogens with zero attached hydrogens (tertiary/aromatic N) is 1. The van der Waals surface area contributed by atoms with Gasteiger partial charge in [-0.1, -0.05) is 12.1 Å². The maximum absolute atomic E-state index is 12.7. The number of para-hydroxylation sites is 1. The minimum absolute atomic E-state index is 0.0481. The molecule has 1 aromatic carbocycles. The summed E-state index contributed by atoms with van der Waals surface area (Å²) in [4.78, 5) is 14.0. The molecular formula is C12H10F3NO2. The highest BCUT2D eigenvalue weighted by molar-refractivity contribution is 5.49. The SMILES string of the molecule is O=C=NC1(c2cccc(C(F)(F)F)c2O)CCC1. The van der Waals surface area contributed by atoms with E-state index in [-0.39, 0.29) is 5.56 Å². The number of carbonyl (C=O) groups excluding carboxylic acids is 1. The summed E-state index contributed by atoms with van der Waals surface area (Å²) >= 11 is 0. The van der Waals surface area contributed by atoms with Crippen LogP contribution in [0.2, 0.25) is 0 Å².